The molecule has 1 rings (SSSR count). The number of nitrogens with one attached hydrogen (secondary N) is 1. The summed E-state index contributed by atoms with van der Waals surface area (Å²) in [6.45, 7) is 8.16. The quantitative estimate of drug-likeness (QED) is 0.382. The van der Waals surface area contributed by atoms with Gasteiger partial charge in [-0.25, -0.2) is 9.59 Å². The lowest BCUT2D eigenvalue weighted by Gasteiger charge is -2.23. The van der Waals surface area contributed by atoms with Crippen molar-refractivity contribution in [2.24, 2.45) is 0 Å². The van der Waals surface area contributed by atoms with Crippen molar-refractivity contribution in [2.75, 3.05) is 0 Å². The Labute approximate surface area is 172 Å². The molecule has 0 spiro atoms. The Morgan fingerprint density at radius 1 is 1.07 bits per heavy atom. The lowest BCUT2D eigenvalue weighted by molar-refractivity contribution is -0.149. The van der Waals surface area contributed by atoms with E-state index in [1.165, 1.54) is 12.1 Å². The molecule has 170 valence electrons. The minimum absolute atomic E-state index is 0.0862. The first-order chi connectivity index (χ1) is 13.5. The van der Waals surface area contributed by atoms with Crippen molar-refractivity contribution in [3.8, 4) is 5.75 Å². The summed E-state index contributed by atoms with van der Waals surface area (Å²) in [5.41, 5.74) is -5.97. The molecule has 0 fully saturated rings. The first kappa shape index (κ1) is 25.5. The Bertz CT molecular complexity index is 844. The van der Waals surface area contributed by atoms with Crippen LogP contribution in [0.4, 0.5) is 18.0 Å². The maximum atomic E-state index is 12.4. The maximum absolute atomic E-state index is 12.4. The van der Waals surface area contributed by atoms with Gasteiger partial charge in [0.05, 0.1) is 6.10 Å². The molecule has 0 unspecified atom stereocenters. The highest BCUT2D eigenvalue weighted by Crippen LogP contribution is 2.27. The molecule has 0 saturated carbocycles. The van der Waals surface area contributed by atoms with E-state index in [1.54, 1.807) is 34.6 Å². The summed E-state index contributed by atoms with van der Waals surface area (Å²) in [5, 5.41) is 2.39. The average molecular weight is 455 g/mol. The molecule has 0 aliphatic heterocycles. The number of rotatable bonds is 7. The predicted octanol–water partition coefficient (Wildman–Crippen LogP) is 3.30. The van der Waals surface area contributed by atoms with Crippen LogP contribution in [0.25, 0.3) is 0 Å². The Kier molecular flexibility index (Phi) is 8.12. The number of hydrogen-bond acceptors (Lipinski definition) is 7. The number of benzene rings is 1. The number of ether oxygens (including phenoxy) is 2. The molecule has 0 aliphatic rings. The van der Waals surface area contributed by atoms with E-state index in [0.29, 0.717) is 5.56 Å². The van der Waals surface area contributed by atoms with Gasteiger partial charge in [-0.3, -0.25) is 0 Å². The summed E-state index contributed by atoms with van der Waals surface area (Å²) in [5.74, 6) is -1.30. The van der Waals surface area contributed by atoms with E-state index in [-0.39, 0.29) is 6.42 Å². The molecule has 0 aliphatic carbocycles. The van der Waals surface area contributed by atoms with Crippen LogP contribution >= 0.6 is 0 Å². The van der Waals surface area contributed by atoms with Gasteiger partial charge in [-0.15, -0.1) is 0 Å². The van der Waals surface area contributed by atoms with Crippen molar-refractivity contribution < 1.29 is 44.8 Å². The maximum Gasteiger partial charge on any atom is 0.534 e. The second-order valence-corrected chi connectivity index (χ2v) is 9.05. The van der Waals surface area contributed by atoms with E-state index in [4.69, 9.17) is 9.47 Å². The smallest absolute Gasteiger partial charge is 0.461 e. The number of amides is 1. The van der Waals surface area contributed by atoms with Crippen LogP contribution in [-0.2, 0) is 30.8 Å². The Balaban J connectivity index is 2.95. The highest BCUT2D eigenvalue weighted by molar-refractivity contribution is 7.88. The van der Waals surface area contributed by atoms with E-state index in [9.17, 15) is 31.2 Å². The molecule has 1 amide bonds. The van der Waals surface area contributed by atoms with Gasteiger partial charge in [0.2, 0.25) is 0 Å². The molecule has 1 aromatic carbocycles. The Morgan fingerprint density at radius 2 is 1.60 bits per heavy atom. The van der Waals surface area contributed by atoms with E-state index in [2.05, 4.69) is 9.50 Å². The molecule has 12 heteroatoms. The summed E-state index contributed by atoms with van der Waals surface area (Å²) in [6.07, 6.45) is -1.40. The zero-order chi connectivity index (χ0) is 23.3. The molecule has 1 N–H and O–H groups in total. The summed E-state index contributed by atoms with van der Waals surface area (Å²) in [6, 6.07) is 3.36. The van der Waals surface area contributed by atoms with Crippen LogP contribution in [0, 0.1) is 0 Å². The number of halogens is 3. The van der Waals surface area contributed by atoms with Crippen LogP contribution in [0.5, 0.6) is 5.75 Å². The van der Waals surface area contributed by atoms with Gasteiger partial charge in [0.15, 0.2) is 0 Å². The van der Waals surface area contributed by atoms with Crippen LogP contribution in [0.3, 0.4) is 0 Å². The minimum Gasteiger partial charge on any atom is -0.461 e. The van der Waals surface area contributed by atoms with E-state index >= 15 is 0 Å². The fraction of sp³-hybridized carbons (Fsp3) is 0.556. The van der Waals surface area contributed by atoms with Crippen molar-refractivity contribution in [3.63, 3.8) is 0 Å². The average Bonchev–Trinajstić information content (AvgIpc) is 2.52. The van der Waals surface area contributed by atoms with Gasteiger partial charge in [0.25, 0.3) is 0 Å². The number of carbonyl (C=O) groups excluding carboxylic acids is 2. The minimum atomic E-state index is -5.79. The first-order valence-corrected chi connectivity index (χ1v) is 10.2. The summed E-state index contributed by atoms with van der Waals surface area (Å²) in [7, 11) is -5.79. The second kappa shape index (κ2) is 9.54. The highest BCUT2D eigenvalue weighted by Gasteiger charge is 2.48. The zero-order valence-corrected chi connectivity index (χ0v) is 17.9. The Morgan fingerprint density at radius 3 is 2.03 bits per heavy atom. The Hall–Kier alpha value is -2.50. The van der Waals surface area contributed by atoms with Crippen molar-refractivity contribution in [2.45, 2.75) is 64.3 Å². The van der Waals surface area contributed by atoms with Gasteiger partial charge in [0, 0.05) is 6.42 Å². The van der Waals surface area contributed by atoms with Crippen LogP contribution in [0.2, 0.25) is 0 Å². The van der Waals surface area contributed by atoms with Crippen LogP contribution in [0.1, 0.15) is 40.2 Å². The van der Waals surface area contributed by atoms with Crippen molar-refractivity contribution in [1.82, 2.24) is 5.32 Å². The number of alkyl carbamates (subject to hydrolysis) is 1. The van der Waals surface area contributed by atoms with Crippen molar-refractivity contribution in [1.29, 1.82) is 0 Å². The molecule has 0 radical (unpaired) electrons. The summed E-state index contributed by atoms with van der Waals surface area (Å²) >= 11 is 0. The molecule has 0 bridgehead atoms. The van der Waals surface area contributed by atoms with E-state index in [1.807, 2.05) is 0 Å². The van der Waals surface area contributed by atoms with Crippen molar-refractivity contribution in [3.05, 3.63) is 29.8 Å². The fourth-order valence-electron chi connectivity index (χ4n) is 2.05. The third-order valence-electron chi connectivity index (χ3n) is 3.18. The standard InChI is InChI=1S/C18H24F3NO7S/c1-11(2)27-15(23)14(22-16(24)28-17(3,4)5)10-12-6-8-13(9-7-12)29-30(25,26)18(19,20)21/h6-9,11,14H,10H2,1-5H3,(H,22,24)/t14-/m0/s1. The predicted molar refractivity (Wildman–Crippen MR) is 100 cm³/mol. The third kappa shape index (κ3) is 8.47. The van der Waals surface area contributed by atoms with Gasteiger partial charge in [0.1, 0.15) is 17.4 Å². The monoisotopic (exact) mass is 455 g/mol. The number of hydrogen-bond donors (Lipinski definition) is 1. The van der Waals surface area contributed by atoms with Gasteiger partial charge in [-0.05, 0) is 52.3 Å². The molecule has 1 aromatic rings. The van der Waals surface area contributed by atoms with E-state index < -0.39 is 51.2 Å². The second-order valence-electron chi connectivity index (χ2n) is 7.52. The van der Waals surface area contributed by atoms with E-state index in [0.717, 1.165) is 12.1 Å². The van der Waals surface area contributed by atoms with Crippen LogP contribution < -0.4 is 9.50 Å². The lowest BCUT2D eigenvalue weighted by atomic mass is 10.1. The topological polar surface area (TPSA) is 108 Å². The lowest BCUT2D eigenvalue weighted by Crippen LogP contribution is -2.46. The summed E-state index contributed by atoms with van der Waals surface area (Å²) < 4.78 is 73.5. The van der Waals surface area contributed by atoms with Gasteiger partial charge in [-0.2, -0.15) is 21.6 Å². The molecule has 30 heavy (non-hydrogen) atoms. The SMILES string of the molecule is CC(C)OC(=O)[C@H](Cc1ccc(OS(=O)(=O)C(F)(F)F)cc1)NC(=O)OC(C)(C)C. The number of alkyl halides is 3. The normalized spacial score (nSPS) is 13.5. The number of carbonyl (C=O) groups is 2. The third-order valence-corrected chi connectivity index (χ3v) is 4.16. The molecular formula is C18H24F3NO7S. The number of esters is 1. The molecule has 1 atom stereocenters. The summed E-state index contributed by atoms with van der Waals surface area (Å²) in [4.78, 5) is 24.3. The molecule has 8 nitrogen and oxygen atoms in total. The molecular weight excluding hydrogens is 431 g/mol. The largest absolute Gasteiger partial charge is 0.534 e. The van der Waals surface area contributed by atoms with Crippen molar-refractivity contribution >= 4 is 22.2 Å². The molecule has 0 heterocycles. The first-order valence-electron chi connectivity index (χ1n) is 8.80. The van der Waals surface area contributed by atoms with Gasteiger partial charge < -0.3 is 19.0 Å². The van der Waals surface area contributed by atoms with Crippen LogP contribution in [-0.4, -0.2) is 43.7 Å². The van der Waals surface area contributed by atoms with Crippen LogP contribution in [0.15, 0.2) is 24.3 Å². The highest BCUT2D eigenvalue weighted by atomic mass is 32.2. The fourth-order valence-corrected chi connectivity index (χ4v) is 2.51. The zero-order valence-electron chi connectivity index (χ0n) is 17.1. The molecule has 0 aromatic heterocycles. The van der Waals surface area contributed by atoms with Gasteiger partial charge >= 0.3 is 27.7 Å². The molecule has 0 saturated heterocycles. The van der Waals surface area contributed by atoms with Gasteiger partial charge in [-0.1, -0.05) is 12.1 Å².